The number of aryl methyl sites for hydroxylation is 1. The van der Waals surface area contributed by atoms with E-state index >= 15 is 4.39 Å². The number of ketones is 1. The quantitative estimate of drug-likeness (QED) is 0.577. The van der Waals surface area contributed by atoms with Gasteiger partial charge in [0.05, 0.1) is 11.6 Å². The second-order valence-corrected chi connectivity index (χ2v) is 11.1. The van der Waals surface area contributed by atoms with Crippen LogP contribution in [-0.4, -0.2) is 63.7 Å². The van der Waals surface area contributed by atoms with Crippen molar-refractivity contribution in [2.24, 2.45) is 5.16 Å². The summed E-state index contributed by atoms with van der Waals surface area (Å²) in [7, 11) is 0. The van der Waals surface area contributed by atoms with Crippen molar-refractivity contribution in [2.75, 3.05) is 18.0 Å². The van der Waals surface area contributed by atoms with Crippen molar-refractivity contribution < 1.29 is 28.3 Å². The molecule has 4 rings (SSSR count). The topological polar surface area (TPSA) is 101 Å². The molecule has 0 N–H and O–H groups in total. The van der Waals surface area contributed by atoms with E-state index < -0.39 is 35.1 Å². The number of Topliss-reactive ketones (excluding diaryl/α,β-unsaturated/α-hetero) is 1. The summed E-state index contributed by atoms with van der Waals surface area (Å²) in [5.74, 6) is -1.37. The maximum Gasteiger partial charge on any atom is 0.410 e. The molecule has 0 unspecified atom stereocenters. The fourth-order valence-electron chi connectivity index (χ4n) is 4.50. The Morgan fingerprint density at radius 1 is 1.24 bits per heavy atom. The number of aromatic nitrogens is 1. The largest absolute Gasteiger partial charge is 0.444 e. The lowest BCUT2D eigenvalue weighted by Crippen LogP contribution is -2.53. The summed E-state index contributed by atoms with van der Waals surface area (Å²) in [5.41, 5.74) is -1.01. The Hall–Kier alpha value is -3.82. The lowest BCUT2D eigenvalue weighted by Gasteiger charge is -2.39. The van der Waals surface area contributed by atoms with Crippen molar-refractivity contribution in [3.8, 4) is 0 Å². The number of ether oxygens (including phenoxy) is 1. The van der Waals surface area contributed by atoms with Gasteiger partial charge in [-0.3, -0.25) is 14.5 Å². The number of benzene rings is 1. The van der Waals surface area contributed by atoms with Gasteiger partial charge < -0.3 is 14.5 Å². The minimum absolute atomic E-state index is 0.00519. The minimum Gasteiger partial charge on any atom is -0.444 e. The van der Waals surface area contributed by atoms with E-state index in [0.29, 0.717) is 25.2 Å². The number of amides is 2. The zero-order valence-electron chi connectivity index (χ0n) is 22.6. The number of likely N-dealkylation sites (tertiary alicyclic amines) is 1. The van der Waals surface area contributed by atoms with Gasteiger partial charge in [-0.05, 0) is 78.1 Å². The van der Waals surface area contributed by atoms with Crippen LogP contribution in [0.4, 0.5) is 15.0 Å². The Morgan fingerprint density at radius 3 is 2.58 bits per heavy atom. The summed E-state index contributed by atoms with van der Waals surface area (Å²) in [6.45, 7) is 11.1. The van der Waals surface area contributed by atoms with Gasteiger partial charge in [-0.25, -0.2) is 14.2 Å². The van der Waals surface area contributed by atoms with Crippen molar-refractivity contribution in [1.82, 2.24) is 9.88 Å². The van der Waals surface area contributed by atoms with E-state index in [9.17, 15) is 14.4 Å². The highest BCUT2D eigenvalue weighted by atomic mass is 19.1. The summed E-state index contributed by atoms with van der Waals surface area (Å²) >= 11 is 0. The van der Waals surface area contributed by atoms with E-state index in [-0.39, 0.29) is 29.2 Å². The second kappa shape index (κ2) is 10.2. The third-order valence-electron chi connectivity index (χ3n) is 6.44. The highest BCUT2D eigenvalue weighted by molar-refractivity contribution is 6.49. The number of oxime groups is 1. The van der Waals surface area contributed by atoms with Crippen LogP contribution in [0.2, 0.25) is 0 Å². The number of hydrogen-bond donors (Lipinski definition) is 0. The highest BCUT2D eigenvalue weighted by Gasteiger charge is 2.41. The SMILES string of the molecule is Cc1cccnc1N(C(=O)c1ccc(C2=NOC(C)(C)C2=O)cc1F)[C@@H]1CCCN(C(=O)OC(C)(C)C)C1. The van der Waals surface area contributed by atoms with Crippen LogP contribution >= 0.6 is 0 Å². The molecule has 2 aromatic rings. The molecule has 0 aliphatic carbocycles. The molecule has 0 radical (unpaired) electrons. The number of anilines is 1. The second-order valence-electron chi connectivity index (χ2n) is 11.1. The number of piperidine rings is 1. The van der Waals surface area contributed by atoms with Crippen molar-refractivity contribution in [2.45, 2.75) is 71.6 Å². The van der Waals surface area contributed by atoms with Crippen LogP contribution in [0.5, 0.6) is 0 Å². The molecule has 3 heterocycles. The van der Waals surface area contributed by atoms with Crippen LogP contribution in [0, 0.1) is 12.7 Å². The van der Waals surface area contributed by atoms with Gasteiger partial charge in [0.15, 0.2) is 11.3 Å². The van der Waals surface area contributed by atoms with Crippen LogP contribution in [0.15, 0.2) is 41.7 Å². The summed E-state index contributed by atoms with van der Waals surface area (Å²) in [4.78, 5) is 51.9. The van der Waals surface area contributed by atoms with Gasteiger partial charge in [-0.15, -0.1) is 0 Å². The number of halogens is 1. The number of carbonyl (C=O) groups excluding carboxylic acids is 3. The molecular weight excluding hydrogens is 491 g/mol. The third kappa shape index (κ3) is 5.54. The lowest BCUT2D eigenvalue weighted by molar-refractivity contribution is -0.128. The van der Waals surface area contributed by atoms with Gasteiger partial charge in [-0.2, -0.15) is 0 Å². The molecule has 9 nitrogen and oxygen atoms in total. The predicted molar refractivity (Wildman–Crippen MR) is 140 cm³/mol. The van der Waals surface area contributed by atoms with E-state index in [2.05, 4.69) is 10.1 Å². The zero-order valence-corrected chi connectivity index (χ0v) is 22.6. The molecule has 0 spiro atoms. The average molecular weight is 525 g/mol. The Bertz CT molecular complexity index is 1300. The lowest BCUT2D eigenvalue weighted by atomic mass is 9.95. The number of pyridine rings is 1. The van der Waals surface area contributed by atoms with E-state index in [1.54, 1.807) is 51.8 Å². The van der Waals surface area contributed by atoms with E-state index in [0.717, 1.165) is 11.6 Å². The van der Waals surface area contributed by atoms with Crippen molar-refractivity contribution in [1.29, 1.82) is 0 Å². The van der Waals surface area contributed by atoms with Gasteiger partial charge >= 0.3 is 6.09 Å². The molecule has 2 amide bonds. The molecule has 1 atom stereocenters. The first kappa shape index (κ1) is 27.2. The fraction of sp³-hybridized carbons (Fsp3) is 0.464. The molecule has 0 saturated carbocycles. The first-order valence-corrected chi connectivity index (χ1v) is 12.6. The van der Waals surface area contributed by atoms with Gasteiger partial charge in [0, 0.05) is 24.8 Å². The number of hydrogen-bond acceptors (Lipinski definition) is 7. The molecule has 2 aliphatic heterocycles. The first-order chi connectivity index (χ1) is 17.8. The smallest absolute Gasteiger partial charge is 0.410 e. The Labute approximate surface area is 221 Å². The third-order valence-corrected chi connectivity index (χ3v) is 6.44. The standard InChI is InChI=1S/C28H33FN4O5/c1-17-9-7-13-30-24(17)33(19-10-8-14-32(16-19)26(36)37-27(2,3)4)25(35)20-12-11-18(15-21(20)29)22-23(34)28(5,6)38-31-22/h7,9,11-13,15,19H,8,10,14,16H2,1-6H3/t19-/m1/s1. The first-order valence-electron chi connectivity index (χ1n) is 12.6. The van der Waals surface area contributed by atoms with E-state index in [4.69, 9.17) is 9.57 Å². The van der Waals surface area contributed by atoms with Gasteiger partial charge in [0.2, 0.25) is 5.78 Å². The van der Waals surface area contributed by atoms with E-state index in [1.165, 1.54) is 17.0 Å². The number of rotatable bonds is 4. The Kier molecular flexibility index (Phi) is 7.27. The summed E-state index contributed by atoms with van der Waals surface area (Å²) in [5, 5.41) is 3.82. The molecule has 38 heavy (non-hydrogen) atoms. The number of carbonyl (C=O) groups is 3. The Balaban J connectivity index is 1.66. The molecule has 202 valence electrons. The molecule has 1 aromatic heterocycles. The highest BCUT2D eigenvalue weighted by Crippen LogP contribution is 2.29. The van der Waals surface area contributed by atoms with Gasteiger partial charge in [-0.1, -0.05) is 17.3 Å². The molecule has 2 aliphatic rings. The maximum absolute atomic E-state index is 15.4. The van der Waals surface area contributed by atoms with E-state index in [1.807, 2.05) is 13.0 Å². The van der Waals surface area contributed by atoms with Crippen LogP contribution in [0.1, 0.15) is 68.9 Å². The Morgan fingerprint density at radius 2 is 1.97 bits per heavy atom. The van der Waals surface area contributed by atoms with Crippen molar-refractivity contribution in [3.05, 3.63) is 59.0 Å². The summed E-state index contributed by atoms with van der Waals surface area (Å²) in [6.07, 6.45) is 2.34. The van der Waals surface area contributed by atoms with Crippen molar-refractivity contribution >= 4 is 29.3 Å². The summed E-state index contributed by atoms with van der Waals surface area (Å²) < 4.78 is 21.0. The normalized spacial score (nSPS) is 19.0. The minimum atomic E-state index is -1.13. The van der Waals surface area contributed by atoms with Gasteiger partial charge in [0.1, 0.15) is 17.2 Å². The molecule has 0 bridgehead atoms. The predicted octanol–water partition coefficient (Wildman–Crippen LogP) is 4.66. The summed E-state index contributed by atoms with van der Waals surface area (Å²) in [6, 6.07) is 7.07. The van der Waals surface area contributed by atoms with Gasteiger partial charge in [0.25, 0.3) is 5.91 Å². The van der Waals surface area contributed by atoms with Crippen LogP contribution in [0.3, 0.4) is 0 Å². The fourth-order valence-corrected chi connectivity index (χ4v) is 4.50. The van der Waals surface area contributed by atoms with Crippen LogP contribution in [0.25, 0.3) is 0 Å². The molecule has 1 aromatic carbocycles. The van der Waals surface area contributed by atoms with Crippen molar-refractivity contribution in [3.63, 3.8) is 0 Å². The van der Waals surface area contributed by atoms with Crippen LogP contribution < -0.4 is 4.90 Å². The van der Waals surface area contributed by atoms with Crippen LogP contribution in [-0.2, 0) is 14.4 Å². The molecular formula is C28H33FN4O5. The maximum atomic E-state index is 15.4. The molecule has 1 fully saturated rings. The average Bonchev–Trinajstić information content (AvgIpc) is 3.11. The molecule has 1 saturated heterocycles. The zero-order chi connectivity index (χ0) is 27.8. The number of nitrogens with zero attached hydrogens (tertiary/aromatic N) is 4. The monoisotopic (exact) mass is 524 g/mol. The molecule has 10 heteroatoms.